The van der Waals surface area contributed by atoms with Crippen molar-refractivity contribution in [2.75, 3.05) is 44.2 Å². The maximum Gasteiger partial charge on any atom is 0.417 e. The molecule has 2 heterocycles. The minimum Gasteiger partial charge on any atom is -0.465 e. The number of aromatic nitrogens is 1. The average molecular weight is 352 g/mol. The van der Waals surface area contributed by atoms with Crippen LogP contribution in [-0.4, -0.2) is 55.2 Å². The molecule has 1 aliphatic heterocycles. The molecule has 0 amide bonds. The average Bonchev–Trinajstić information content (AvgIpc) is 2.47. The van der Waals surface area contributed by atoms with Gasteiger partial charge in [-0.15, -0.1) is 0 Å². The standard InChI is InChI=1S/C14H17ClF3N3O2/c1-2-23-12(22)9-20-3-5-21(6-4-20)13-11(15)7-10(8-19-13)14(16,17)18/h7-8H,2-6,9H2,1H3. The van der Waals surface area contributed by atoms with Crippen LogP contribution in [0.4, 0.5) is 19.0 Å². The van der Waals surface area contributed by atoms with E-state index in [1.54, 1.807) is 6.92 Å². The van der Waals surface area contributed by atoms with Crippen LogP contribution in [0.2, 0.25) is 5.02 Å². The van der Waals surface area contributed by atoms with E-state index in [0.29, 0.717) is 38.6 Å². The molecule has 0 bridgehead atoms. The van der Waals surface area contributed by atoms with Gasteiger partial charge in [0.2, 0.25) is 0 Å². The summed E-state index contributed by atoms with van der Waals surface area (Å²) in [6, 6.07) is 0.884. The Labute approximate surface area is 137 Å². The number of hydrogen-bond donors (Lipinski definition) is 0. The number of hydrogen-bond acceptors (Lipinski definition) is 5. The molecular formula is C14H17ClF3N3O2. The molecule has 1 aromatic heterocycles. The topological polar surface area (TPSA) is 45.7 Å². The second-order valence-corrected chi connectivity index (χ2v) is 5.50. The Bertz CT molecular complexity index is 561. The maximum absolute atomic E-state index is 12.6. The molecule has 0 aromatic carbocycles. The van der Waals surface area contributed by atoms with E-state index >= 15 is 0 Å². The van der Waals surface area contributed by atoms with Gasteiger partial charge in [-0.2, -0.15) is 13.2 Å². The summed E-state index contributed by atoms with van der Waals surface area (Å²) >= 11 is 5.94. The van der Waals surface area contributed by atoms with Gasteiger partial charge < -0.3 is 9.64 Å². The second-order valence-electron chi connectivity index (χ2n) is 5.10. The number of pyridine rings is 1. The largest absolute Gasteiger partial charge is 0.465 e. The molecule has 23 heavy (non-hydrogen) atoms. The van der Waals surface area contributed by atoms with E-state index < -0.39 is 11.7 Å². The third-order valence-corrected chi connectivity index (χ3v) is 3.76. The van der Waals surface area contributed by atoms with Gasteiger partial charge in [0.25, 0.3) is 0 Å². The molecule has 0 unspecified atom stereocenters. The fraction of sp³-hybridized carbons (Fsp3) is 0.571. The summed E-state index contributed by atoms with van der Waals surface area (Å²) in [5.41, 5.74) is -0.868. The number of anilines is 1. The lowest BCUT2D eigenvalue weighted by atomic mass is 10.2. The van der Waals surface area contributed by atoms with Crippen LogP contribution < -0.4 is 4.90 Å². The van der Waals surface area contributed by atoms with Crippen LogP contribution in [0.1, 0.15) is 12.5 Å². The van der Waals surface area contributed by atoms with Gasteiger partial charge in [-0.1, -0.05) is 11.6 Å². The summed E-state index contributed by atoms with van der Waals surface area (Å²) in [6.45, 7) is 4.50. The van der Waals surface area contributed by atoms with Crippen molar-refractivity contribution in [2.45, 2.75) is 13.1 Å². The third kappa shape index (κ3) is 4.71. The number of piperazine rings is 1. The van der Waals surface area contributed by atoms with Crippen LogP contribution in [0.5, 0.6) is 0 Å². The highest BCUT2D eigenvalue weighted by atomic mass is 35.5. The predicted molar refractivity (Wildman–Crippen MR) is 79.5 cm³/mol. The number of carbonyl (C=O) groups is 1. The summed E-state index contributed by atoms with van der Waals surface area (Å²) in [5, 5.41) is -0.0290. The number of nitrogens with zero attached hydrogens (tertiary/aromatic N) is 3. The van der Waals surface area contributed by atoms with E-state index in [-0.39, 0.29) is 17.5 Å². The Morgan fingerprint density at radius 2 is 2.00 bits per heavy atom. The highest BCUT2D eigenvalue weighted by Gasteiger charge is 2.32. The normalized spacial score (nSPS) is 16.5. The van der Waals surface area contributed by atoms with E-state index in [1.165, 1.54) is 0 Å². The minimum atomic E-state index is -4.46. The fourth-order valence-electron chi connectivity index (χ4n) is 2.33. The van der Waals surface area contributed by atoms with Crippen molar-refractivity contribution in [1.82, 2.24) is 9.88 Å². The molecule has 0 spiro atoms. The van der Waals surface area contributed by atoms with Crippen molar-refractivity contribution in [3.63, 3.8) is 0 Å². The first-order valence-electron chi connectivity index (χ1n) is 7.17. The Balaban J connectivity index is 1.96. The first-order valence-corrected chi connectivity index (χ1v) is 7.54. The van der Waals surface area contributed by atoms with Gasteiger partial charge in [-0.25, -0.2) is 4.98 Å². The Morgan fingerprint density at radius 1 is 1.35 bits per heavy atom. The zero-order valence-corrected chi connectivity index (χ0v) is 13.3. The lowest BCUT2D eigenvalue weighted by Gasteiger charge is -2.35. The Hall–Kier alpha value is -1.54. The number of ether oxygens (including phenoxy) is 1. The van der Waals surface area contributed by atoms with Gasteiger partial charge in [0, 0.05) is 32.4 Å². The molecule has 128 valence electrons. The van der Waals surface area contributed by atoms with Gasteiger partial charge in [0.15, 0.2) is 0 Å². The van der Waals surface area contributed by atoms with E-state index in [2.05, 4.69) is 4.98 Å². The summed E-state index contributed by atoms with van der Waals surface area (Å²) < 4.78 is 42.7. The molecule has 0 saturated carbocycles. The van der Waals surface area contributed by atoms with Gasteiger partial charge in [-0.3, -0.25) is 9.69 Å². The molecule has 2 rings (SSSR count). The SMILES string of the molecule is CCOC(=O)CN1CCN(c2ncc(C(F)(F)F)cc2Cl)CC1. The van der Waals surface area contributed by atoms with E-state index in [1.807, 2.05) is 9.80 Å². The number of halogens is 4. The third-order valence-electron chi connectivity index (χ3n) is 3.48. The monoisotopic (exact) mass is 351 g/mol. The first kappa shape index (κ1) is 17.8. The lowest BCUT2D eigenvalue weighted by Crippen LogP contribution is -2.48. The maximum atomic E-state index is 12.6. The van der Waals surface area contributed by atoms with E-state index in [9.17, 15) is 18.0 Å². The molecule has 1 fully saturated rings. The Kier molecular flexibility index (Phi) is 5.69. The van der Waals surface area contributed by atoms with Crippen LogP contribution >= 0.6 is 11.6 Å². The predicted octanol–water partition coefficient (Wildman–Crippen LogP) is 2.44. The summed E-state index contributed by atoms with van der Waals surface area (Å²) in [4.78, 5) is 19.0. The Morgan fingerprint density at radius 3 is 2.52 bits per heavy atom. The van der Waals surface area contributed by atoms with Crippen molar-refractivity contribution in [3.05, 3.63) is 22.8 Å². The lowest BCUT2D eigenvalue weighted by molar-refractivity contribution is -0.144. The van der Waals surface area contributed by atoms with Crippen LogP contribution in [0.15, 0.2) is 12.3 Å². The van der Waals surface area contributed by atoms with Gasteiger partial charge in [0.05, 0.1) is 23.7 Å². The highest BCUT2D eigenvalue weighted by molar-refractivity contribution is 6.33. The van der Waals surface area contributed by atoms with Crippen LogP contribution in [0.25, 0.3) is 0 Å². The number of alkyl halides is 3. The van der Waals surface area contributed by atoms with Crippen molar-refractivity contribution >= 4 is 23.4 Å². The highest BCUT2D eigenvalue weighted by Crippen LogP contribution is 2.33. The number of rotatable bonds is 4. The molecule has 0 N–H and O–H groups in total. The van der Waals surface area contributed by atoms with Gasteiger partial charge in [0.1, 0.15) is 5.82 Å². The molecular weight excluding hydrogens is 335 g/mol. The second kappa shape index (κ2) is 7.35. The zero-order valence-electron chi connectivity index (χ0n) is 12.6. The number of esters is 1. The quantitative estimate of drug-likeness (QED) is 0.780. The van der Waals surface area contributed by atoms with Crippen LogP contribution in [0.3, 0.4) is 0 Å². The molecule has 0 radical (unpaired) electrons. The van der Waals surface area contributed by atoms with Crippen molar-refractivity contribution in [1.29, 1.82) is 0 Å². The van der Waals surface area contributed by atoms with Crippen LogP contribution in [-0.2, 0) is 15.7 Å². The van der Waals surface area contributed by atoms with E-state index in [0.717, 1.165) is 12.3 Å². The van der Waals surface area contributed by atoms with Gasteiger partial charge >= 0.3 is 12.1 Å². The van der Waals surface area contributed by atoms with Crippen molar-refractivity contribution < 1.29 is 22.7 Å². The van der Waals surface area contributed by atoms with Crippen molar-refractivity contribution in [3.8, 4) is 0 Å². The molecule has 1 aliphatic rings. The smallest absolute Gasteiger partial charge is 0.417 e. The van der Waals surface area contributed by atoms with Gasteiger partial charge in [-0.05, 0) is 13.0 Å². The first-order chi connectivity index (χ1) is 10.8. The van der Waals surface area contributed by atoms with Crippen LogP contribution in [0, 0.1) is 0 Å². The number of carbonyl (C=O) groups excluding carboxylic acids is 1. The van der Waals surface area contributed by atoms with Crippen molar-refractivity contribution in [2.24, 2.45) is 0 Å². The van der Waals surface area contributed by atoms with E-state index in [4.69, 9.17) is 16.3 Å². The molecule has 1 saturated heterocycles. The zero-order chi connectivity index (χ0) is 17.0. The minimum absolute atomic E-state index is 0.0290. The molecule has 0 atom stereocenters. The summed E-state index contributed by atoms with van der Waals surface area (Å²) in [7, 11) is 0. The fourth-order valence-corrected chi connectivity index (χ4v) is 2.61. The summed E-state index contributed by atoms with van der Waals surface area (Å²) in [5.74, 6) is 0.0436. The summed E-state index contributed by atoms with van der Waals surface area (Å²) in [6.07, 6.45) is -3.68. The molecule has 0 aliphatic carbocycles. The molecule has 1 aromatic rings. The molecule has 9 heteroatoms. The molecule has 5 nitrogen and oxygen atoms in total.